The van der Waals surface area contributed by atoms with E-state index < -0.39 is 11.4 Å². The van der Waals surface area contributed by atoms with Gasteiger partial charge in [0.25, 0.3) is 5.91 Å². The van der Waals surface area contributed by atoms with Crippen LogP contribution in [0.5, 0.6) is 6.01 Å². The third-order valence-electron chi connectivity index (χ3n) is 10.6. The Morgan fingerprint density at radius 2 is 1.94 bits per heavy atom. The summed E-state index contributed by atoms with van der Waals surface area (Å²) < 4.78 is 23.2. The van der Waals surface area contributed by atoms with Crippen LogP contribution in [0.4, 0.5) is 10.2 Å². The molecule has 0 spiro atoms. The predicted molar refractivity (Wildman–Crippen MR) is 182 cm³/mol. The van der Waals surface area contributed by atoms with Crippen LogP contribution in [0.1, 0.15) is 32.1 Å². The van der Waals surface area contributed by atoms with Crippen molar-refractivity contribution in [1.29, 1.82) is 0 Å². The zero-order valence-electron chi connectivity index (χ0n) is 26.8. The Bertz CT molecular complexity index is 1980. The van der Waals surface area contributed by atoms with E-state index in [2.05, 4.69) is 32.0 Å². The Kier molecular flexibility index (Phi) is 7.87. The highest BCUT2D eigenvalue weighted by Crippen LogP contribution is 2.40. The second-order valence-electron chi connectivity index (χ2n) is 13.6. The van der Waals surface area contributed by atoms with Crippen molar-refractivity contribution >= 4 is 45.0 Å². The number of likely N-dealkylation sites (N-methyl/N-ethyl adjacent to an activating group) is 1. The number of hydrogen-bond donors (Lipinski definition) is 2. The van der Waals surface area contributed by atoms with Crippen molar-refractivity contribution in [2.24, 2.45) is 0 Å². The Morgan fingerprint density at radius 3 is 2.69 bits per heavy atom. The van der Waals surface area contributed by atoms with Gasteiger partial charge in [0.05, 0.1) is 10.9 Å². The van der Waals surface area contributed by atoms with Crippen LogP contribution in [-0.4, -0.2) is 106 Å². The molecule has 2 N–H and O–H groups in total. The van der Waals surface area contributed by atoms with Crippen molar-refractivity contribution in [2.75, 3.05) is 57.8 Å². The molecule has 48 heavy (non-hydrogen) atoms. The van der Waals surface area contributed by atoms with Crippen molar-refractivity contribution in [3.8, 4) is 29.1 Å². The zero-order valence-corrected chi connectivity index (χ0v) is 27.6. The molecule has 1 amide bonds. The average Bonchev–Trinajstić information content (AvgIpc) is 3.82. The van der Waals surface area contributed by atoms with Crippen molar-refractivity contribution in [2.45, 2.75) is 49.3 Å². The first kappa shape index (κ1) is 31.2. The number of likely N-dealkylation sites (tertiary alicyclic amines) is 1. The second-order valence-corrected chi connectivity index (χ2v) is 14.0. The number of fused-ring (bicyclic) bond motifs is 3. The fourth-order valence-electron chi connectivity index (χ4n) is 7.81. The summed E-state index contributed by atoms with van der Waals surface area (Å²) in [6, 6.07) is 11.2. The van der Waals surface area contributed by atoms with Crippen molar-refractivity contribution < 1.29 is 19.0 Å². The van der Waals surface area contributed by atoms with E-state index in [-0.39, 0.29) is 34.7 Å². The van der Waals surface area contributed by atoms with Crippen LogP contribution >= 0.6 is 11.6 Å². The summed E-state index contributed by atoms with van der Waals surface area (Å²) in [7, 11) is 1.89. The van der Waals surface area contributed by atoms with Gasteiger partial charge in [0.2, 0.25) is 0 Å². The smallest absolute Gasteiger partial charge is 0.319 e. The van der Waals surface area contributed by atoms with Crippen molar-refractivity contribution in [3.05, 3.63) is 53.4 Å². The van der Waals surface area contributed by atoms with E-state index >= 15 is 4.39 Å². The van der Waals surface area contributed by atoms with Gasteiger partial charge in [0.1, 0.15) is 23.6 Å². The quantitative estimate of drug-likeness (QED) is 0.295. The highest BCUT2D eigenvalue weighted by Gasteiger charge is 2.45. The summed E-state index contributed by atoms with van der Waals surface area (Å²) in [6.45, 7) is 4.17. The summed E-state index contributed by atoms with van der Waals surface area (Å²) >= 11 is 6.62. The second kappa shape index (κ2) is 12.1. The van der Waals surface area contributed by atoms with Gasteiger partial charge in [-0.25, -0.2) is 4.39 Å². The molecule has 4 saturated heterocycles. The van der Waals surface area contributed by atoms with Gasteiger partial charge in [-0.15, -0.1) is 0 Å². The number of pyridine rings is 1. The summed E-state index contributed by atoms with van der Waals surface area (Å²) in [4.78, 5) is 33.2. The topological polar surface area (TPSA) is 107 Å². The van der Waals surface area contributed by atoms with Crippen molar-refractivity contribution in [1.82, 2.24) is 30.1 Å². The number of aliphatic hydroxyl groups is 1. The molecule has 0 bridgehead atoms. The Morgan fingerprint density at radius 1 is 1.17 bits per heavy atom. The molecule has 1 atom stereocenters. The first-order valence-electron chi connectivity index (χ1n) is 16.6. The normalized spacial score (nSPS) is 21.2. The van der Waals surface area contributed by atoms with Gasteiger partial charge in [-0.1, -0.05) is 47.9 Å². The average molecular weight is 670 g/mol. The molecule has 1 unspecified atom stereocenters. The highest BCUT2D eigenvalue weighted by molar-refractivity contribution is 6.36. The lowest BCUT2D eigenvalue weighted by Crippen LogP contribution is -2.58. The monoisotopic (exact) mass is 669 g/mol. The number of nitrogens with zero attached hydrogens (tertiary/aromatic N) is 6. The van der Waals surface area contributed by atoms with Crippen LogP contribution in [0, 0.1) is 17.7 Å². The van der Waals surface area contributed by atoms with Crippen LogP contribution in [-0.2, 0) is 4.79 Å². The Hall–Kier alpha value is -4.08. The number of β-amino-alcohol motifs (C(OH)–C–C–N with tert-alkyl or cyclic N) is 1. The third kappa shape index (κ3) is 5.41. The number of carbonyl (C=O) groups excluding carboxylic acids is 1. The molecule has 4 aromatic rings. The van der Waals surface area contributed by atoms with Gasteiger partial charge in [-0.05, 0) is 62.6 Å². The number of benzene rings is 2. The molecule has 0 saturated carbocycles. The largest absolute Gasteiger partial charge is 0.461 e. The van der Waals surface area contributed by atoms with E-state index in [0.29, 0.717) is 61.0 Å². The number of rotatable bonds is 6. The van der Waals surface area contributed by atoms with E-state index in [1.807, 2.05) is 42.3 Å². The molecular formula is C36H37ClFN7O3. The molecule has 0 radical (unpaired) electrons. The Labute approximate surface area is 283 Å². The van der Waals surface area contributed by atoms with Gasteiger partial charge < -0.3 is 25.0 Å². The van der Waals surface area contributed by atoms with E-state index in [4.69, 9.17) is 21.3 Å². The highest BCUT2D eigenvalue weighted by atomic mass is 35.5. The third-order valence-corrected chi connectivity index (χ3v) is 10.9. The van der Waals surface area contributed by atoms with Gasteiger partial charge in [0, 0.05) is 61.4 Å². The Balaban J connectivity index is 1.16. The number of nitrogens with one attached hydrogen (secondary N) is 1. The van der Waals surface area contributed by atoms with Crippen LogP contribution in [0.15, 0.2) is 42.6 Å². The minimum Gasteiger partial charge on any atom is -0.461 e. The number of hydrogen-bond acceptors (Lipinski definition) is 9. The molecule has 2 aromatic carbocycles. The minimum atomic E-state index is -1.15. The molecule has 6 heterocycles. The van der Waals surface area contributed by atoms with Crippen LogP contribution in [0.3, 0.4) is 0 Å². The lowest BCUT2D eigenvalue weighted by Gasteiger charge is -2.32. The predicted octanol–water partition coefficient (Wildman–Crippen LogP) is 4.02. The van der Waals surface area contributed by atoms with Gasteiger partial charge in [-0.3, -0.25) is 14.7 Å². The molecule has 10 nitrogen and oxygen atoms in total. The first-order chi connectivity index (χ1) is 23.2. The SMILES string of the molecule is CN(c1nc(OCC23CCCN2CCC3)nc2c(F)c(-c3cccc4cccc(Cl)c34)ncc12)C1CCN(C(=O)C#CC2(O)CNC2)C1. The number of amides is 1. The minimum absolute atomic E-state index is 0.0396. The molecule has 0 aliphatic carbocycles. The summed E-state index contributed by atoms with van der Waals surface area (Å²) in [5.41, 5.74) is -0.351. The fourth-order valence-corrected chi connectivity index (χ4v) is 8.09. The standard InChI is InChI=1S/C36H37ClFN7O3/c1-43(24-11-17-44(19-24)28(46)10-14-36(47)20-39-21-36)33-26-18-40-31(25-8-2-6-23-7-3-9-27(37)29(23)25)30(38)32(26)41-34(42-33)48-22-35-12-4-15-45(35)16-5-13-35/h2-3,6-9,18,24,39,47H,4-5,11-13,15-17,19-22H2,1H3. The molecule has 8 rings (SSSR count). The number of ether oxygens (including phenoxy) is 1. The maximum atomic E-state index is 16.8. The van der Waals surface area contributed by atoms with E-state index in [0.717, 1.165) is 49.5 Å². The molecule has 2 aromatic heterocycles. The molecular weight excluding hydrogens is 633 g/mol. The number of halogens is 2. The number of aromatic nitrogens is 3. The summed E-state index contributed by atoms with van der Waals surface area (Å²) in [5.74, 6) is 4.91. The number of carbonyl (C=O) groups is 1. The van der Waals surface area contributed by atoms with Crippen LogP contribution in [0.25, 0.3) is 32.9 Å². The maximum Gasteiger partial charge on any atom is 0.319 e. The van der Waals surface area contributed by atoms with Gasteiger partial charge >= 0.3 is 6.01 Å². The van der Waals surface area contributed by atoms with Gasteiger partial charge in [-0.2, -0.15) is 9.97 Å². The fraction of sp³-hybridized carbons (Fsp3) is 0.444. The van der Waals surface area contributed by atoms with Crippen LogP contribution < -0.4 is 15.0 Å². The number of anilines is 1. The van der Waals surface area contributed by atoms with E-state index in [1.54, 1.807) is 17.2 Å². The molecule has 4 aliphatic heterocycles. The van der Waals surface area contributed by atoms with Crippen molar-refractivity contribution in [3.63, 3.8) is 0 Å². The van der Waals surface area contributed by atoms with E-state index in [1.165, 1.54) is 0 Å². The summed E-state index contributed by atoms with van der Waals surface area (Å²) in [6.07, 6.45) is 6.65. The lowest BCUT2D eigenvalue weighted by molar-refractivity contribution is -0.124. The summed E-state index contributed by atoms with van der Waals surface area (Å²) in [5, 5.41) is 15.8. The maximum absolute atomic E-state index is 16.8. The van der Waals surface area contributed by atoms with E-state index in [9.17, 15) is 9.90 Å². The first-order valence-corrected chi connectivity index (χ1v) is 17.0. The molecule has 4 fully saturated rings. The van der Waals surface area contributed by atoms with Gasteiger partial charge in [0.15, 0.2) is 11.4 Å². The molecule has 248 valence electrons. The van der Waals surface area contributed by atoms with Crippen LogP contribution in [0.2, 0.25) is 5.02 Å². The lowest BCUT2D eigenvalue weighted by atomic mass is 9.95. The molecule has 4 aliphatic rings. The molecule has 12 heteroatoms. The zero-order chi connectivity index (χ0) is 33.0.